The summed E-state index contributed by atoms with van der Waals surface area (Å²) in [6.45, 7) is 0.381. The van der Waals surface area contributed by atoms with Crippen molar-refractivity contribution in [3.05, 3.63) is 46.4 Å². The van der Waals surface area contributed by atoms with Crippen LogP contribution < -0.4 is 19.5 Å². The van der Waals surface area contributed by atoms with Crippen molar-refractivity contribution in [2.45, 2.75) is 12.3 Å². The lowest BCUT2D eigenvalue weighted by atomic mass is 10.0. The Morgan fingerprint density at radius 2 is 1.95 bits per heavy atom. The van der Waals surface area contributed by atoms with E-state index in [0.717, 1.165) is 21.5 Å². The molecule has 0 saturated heterocycles. The van der Waals surface area contributed by atoms with Crippen LogP contribution in [0.15, 0.2) is 40.9 Å². The third-order valence-corrected chi connectivity index (χ3v) is 4.14. The largest absolute Gasteiger partial charge is 0.586 e. The first-order valence-electron chi connectivity index (χ1n) is 6.59. The Bertz CT molecular complexity index is 754. The lowest BCUT2D eigenvalue weighted by molar-refractivity contribution is -0.286. The maximum Gasteiger partial charge on any atom is 0.586 e. The Morgan fingerprint density at radius 3 is 2.82 bits per heavy atom. The van der Waals surface area contributed by atoms with E-state index in [1.807, 2.05) is 18.2 Å². The minimum atomic E-state index is -3.60. The highest BCUT2D eigenvalue weighted by Crippen LogP contribution is 2.44. The number of anilines is 1. The number of ether oxygens (including phenoxy) is 3. The van der Waals surface area contributed by atoms with Gasteiger partial charge < -0.3 is 19.5 Å². The first kappa shape index (κ1) is 13.6. The topological polar surface area (TPSA) is 39.7 Å². The van der Waals surface area contributed by atoms with E-state index in [2.05, 4.69) is 30.7 Å². The molecule has 1 N–H and O–H groups in total. The summed E-state index contributed by atoms with van der Waals surface area (Å²) in [6, 6.07) is 10.3. The van der Waals surface area contributed by atoms with Crippen LogP contribution in [0.2, 0.25) is 0 Å². The Hall–Kier alpha value is -2.02. The van der Waals surface area contributed by atoms with Crippen molar-refractivity contribution in [1.82, 2.24) is 0 Å². The van der Waals surface area contributed by atoms with E-state index in [4.69, 9.17) is 4.74 Å². The standard InChI is InChI=1S/C15H10BrF2NO3/c16-9-2-1-3-10-14(9)20-7-11(19-10)8-4-5-12-13(6-8)22-15(17,18)21-12/h1-6,11,19H,7H2. The molecule has 2 aliphatic rings. The molecule has 2 aromatic rings. The number of hydrogen-bond acceptors (Lipinski definition) is 4. The zero-order valence-corrected chi connectivity index (χ0v) is 12.7. The molecule has 0 aromatic heterocycles. The van der Waals surface area contributed by atoms with Crippen molar-refractivity contribution in [3.8, 4) is 17.2 Å². The van der Waals surface area contributed by atoms with Gasteiger partial charge >= 0.3 is 6.29 Å². The first-order chi connectivity index (χ1) is 10.5. The number of alkyl halides is 2. The molecule has 22 heavy (non-hydrogen) atoms. The van der Waals surface area contributed by atoms with Gasteiger partial charge in [-0.1, -0.05) is 12.1 Å². The highest BCUT2D eigenvalue weighted by molar-refractivity contribution is 9.10. The second kappa shape index (κ2) is 4.74. The summed E-state index contributed by atoms with van der Waals surface area (Å²) in [6.07, 6.45) is -3.60. The van der Waals surface area contributed by atoms with Crippen molar-refractivity contribution >= 4 is 21.6 Å². The summed E-state index contributed by atoms with van der Waals surface area (Å²) in [5.74, 6) is 0.809. The first-order valence-corrected chi connectivity index (χ1v) is 7.39. The molecule has 2 aromatic carbocycles. The highest BCUT2D eigenvalue weighted by atomic mass is 79.9. The van der Waals surface area contributed by atoms with E-state index in [9.17, 15) is 8.78 Å². The number of fused-ring (bicyclic) bond motifs is 2. The Labute approximate surface area is 133 Å². The number of benzene rings is 2. The average molecular weight is 370 g/mol. The van der Waals surface area contributed by atoms with Crippen LogP contribution in [0.4, 0.5) is 14.5 Å². The van der Waals surface area contributed by atoms with Gasteiger partial charge in [0, 0.05) is 0 Å². The average Bonchev–Trinajstić information content (AvgIpc) is 2.80. The molecule has 7 heteroatoms. The third-order valence-electron chi connectivity index (χ3n) is 3.52. The zero-order valence-electron chi connectivity index (χ0n) is 11.1. The highest BCUT2D eigenvalue weighted by Gasteiger charge is 2.43. The summed E-state index contributed by atoms with van der Waals surface area (Å²) in [4.78, 5) is 0. The fourth-order valence-corrected chi connectivity index (χ4v) is 3.01. The van der Waals surface area contributed by atoms with Crippen LogP contribution >= 0.6 is 15.9 Å². The summed E-state index contributed by atoms with van der Waals surface area (Å²) in [5.41, 5.74) is 1.62. The van der Waals surface area contributed by atoms with Crippen LogP contribution in [0, 0.1) is 0 Å². The second-order valence-electron chi connectivity index (χ2n) is 5.00. The fourth-order valence-electron chi connectivity index (χ4n) is 2.53. The van der Waals surface area contributed by atoms with Gasteiger partial charge in [0.2, 0.25) is 0 Å². The molecule has 0 bridgehead atoms. The molecular weight excluding hydrogens is 360 g/mol. The van der Waals surface area contributed by atoms with Crippen LogP contribution in [-0.2, 0) is 0 Å². The van der Waals surface area contributed by atoms with Crippen LogP contribution in [-0.4, -0.2) is 12.9 Å². The molecule has 0 spiro atoms. The Kier molecular flexibility index (Phi) is 2.94. The summed E-state index contributed by atoms with van der Waals surface area (Å²) in [5, 5.41) is 3.33. The van der Waals surface area contributed by atoms with Gasteiger partial charge in [0.15, 0.2) is 17.2 Å². The van der Waals surface area contributed by atoms with Crippen molar-refractivity contribution in [3.63, 3.8) is 0 Å². The smallest absolute Gasteiger partial charge is 0.488 e. The monoisotopic (exact) mass is 369 g/mol. The van der Waals surface area contributed by atoms with E-state index in [0.29, 0.717) is 6.61 Å². The molecule has 0 saturated carbocycles. The minimum absolute atomic E-state index is 0.0318. The molecule has 1 unspecified atom stereocenters. The molecule has 0 fully saturated rings. The molecule has 0 radical (unpaired) electrons. The van der Waals surface area contributed by atoms with Crippen molar-refractivity contribution in [2.75, 3.05) is 11.9 Å². The van der Waals surface area contributed by atoms with Crippen LogP contribution in [0.3, 0.4) is 0 Å². The van der Waals surface area contributed by atoms with E-state index in [1.165, 1.54) is 6.07 Å². The van der Waals surface area contributed by atoms with Crippen LogP contribution in [0.1, 0.15) is 11.6 Å². The van der Waals surface area contributed by atoms with Crippen molar-refractivity contribution in [1.29, 1.82) is 0 Å². The second-order valence-corrected chi connectivity index (χ2v) is 5.85. The normalized spacial score (nSPS) is 20.8. The van der Waals surface area contributed by atoms with Crippen LogP contribution in [0.25, 0.3) is 0 Å². The molecule has 114 valence electrons. The number of hydrogen-bond donors (Lipinski definition) is 1. The Balaban J connectivity index is 1.62. The molecule has 2 aliphatic heterocycles. The van der Waals surface area contributed by atoms with Gasteiger partial charge in [-0.15, -0.1) is 8.78 Å². The lowest BCUT2D eigenvalue weighted by Crippen LogP contribution is -2.26. The lowest BCUT2D eigenvalue weighted by Gasteiger charge is -2.28. The van der Waals surface area contributed by atoms with Crippen molar-refractivity contribution in [2.24, 2.45) is 0 Å². The zero-order chi connectivity index (χ0) is 15.3. The van der Waals surface area contributed by atoms with Gasteiger partial charge in [0.1, 0.15) is 6.61 Å². The third kappa shape index (κ3) is 2.25. The molecule has 4 nitrogen and oxygen atoms in total. The molecule has 0 aliphatic carbocycles. The molecule has 0 amide bonds. The molecule has 2 heterocycles. The van der Waals surface area contributed by atoms with Crippen molar-refractivity contribution < 1.29 is 23.0 Å². The summed E-state index contributed by atoms with van der Waals surface area (Å²) >= 11 is 3.43. The maximum absolute atomic E-state index is 13.1. The van der Waals surface area contributed by atoms with Gasteiger partial charge in [-0.2, -0.15) is 0 Å². The number of nitrogens with one attached hydrogen (secondary N) is 1. The molecular formula is C15H10BrF2NO3. The molecule has 1 atom stereocenters. The molecule has 4 rings (SSSR count). The number of halogens is 3. The van der Waals surface area contributed by atoms with E-state index < -0.39 is 6.29 Å². The van der Waals surface area contributed by atoms with Gasteiger partial charge in [-0.25, -0.2) is 0 Å². The number of para-hydroxylation sites is 1. The number of rotatable bonds is 1. The maximum atomic E-state index is 13.1. The predicted molar refractivity (Wildman–Crippen MR) is 78.6 cm³/mol. The van der Waals surface area contributed by atoms with Crippen LogP contribution in [0.5, 0.6) is 17.2 Å². The van der Waals surface area contributed by atoms with Gasteiger partial charge in [0.05, 0.1) is 16.2 Å². The van der Waals surface area contributed by atoms with Gasteiger partial charge in [0.25, 0.3) is 0 Å². The van der Waals surface area contributed by atoms with E-state index in [-0.39, 0.29) is 17.5 Å². The van der Waals surface area contributed by atoms with E-state index in [1.54, 1.807) is 12.1 Å². The SMILES string of the molecule is FC1(F)Oc2ccc(C3COc4c(Br)cccc4N3)cc2O1. The minimum Gasteiger partial charge on any atom is -0.488 e. The Morgan fingerprint density at radius 1 is 1.14 bits per heavy atom. The van der Waals surface area contributed by atoms with Gasteiger partial charge in [-0.3, -0.25) is 0 Å². The fraction of sp³-hybridized carbons (Fsp3) is 0.200. The summed E-state index contributed by atoms with van der Waals surface area (Å²) in [7, 11) is 0. The quantitative estimate of drug-likeness (QED) is 0.812. The predicted octanol–water partition coefficient (Wildman–Crippen LogP) is 4.32. The summed E-state index contributed by atoms with van der Waals surface area (Å²) < 4.78 is 41.6. The van der Waals surface area contributed by atoms with Gasteiger partial charge in [-0.05, 0) is 45.8 Å². The van der Waals surface area contributed by atoms with E-state index >= 15 is 0 Å².